The Kier molecular flexibility index (Phi) is 3.40. The summed E-state index contributed by atoms with van der Waals surface area (Å²) < 4.78 is 0. The van der Waals surface area contributed by atoms with E-state index >= 15 is 0 Å². The molecule has 0 aromatic heterocycles. The third kappa shape index (κ3) is 2.38. The predicted molar refractivity (Wildman–Crippen MR) is 50.3 cm³/mol. The van der Waals surface area contributed by atoms with Crippen LogP contribution in [-0.2, 0) is 4.79 Å². The number of thioether (sulfide) groups is 1. The maximum atomic E-state index is 10.4. The van der Waals surface area contributed by atoms with E-state index in [-0.39, 0.29) is 5.41 Å². The highest BCUT2D eigenvalue weighted by molar-refractivity contribution is 8.00. The molecular formula is C8H15NO2S. The van der Waals surface area contributed by atoms with Crippen molar-refractivity contribution in [1.82, 2.24) is 0 Å². The summed E-state index contributed by atoms with van der Waals surface area (Å²) in [6, 6.07) is 0. The highest BCUT2D eigenvalue weighted by Crippen LogP contribution is 2.44. The Morgan fingerprint density at radius 3 is 2.50 bits per heavy atom. The van der Waals surface area contributed by atoms with Gasteiger partial charge in [0.05, 0.1) is 0 Å². The number of carbonyl (C=O) groups is 1. The first-order chi connectivity index (χ1) is 5.68. The number of hydrogen-bond donors (Lipinski definition) is 2. The monoisotopic (exact) mass is 189 g/mol. The lowest BCUT2D eigenvalue weighted by Gasteiger charge is -2.41. The average molecular weight is 189 g/mol. The molecule has 12 heavy (non-hydrogen) atoms. The van der Waals surface area contributed by atoms with Gasteiger partial charge in [-0.05, 0) is 36.3 Å². The largest absolute Gasteiger partial charge is 0.481 e. The van der Waals surface area contributed by atoms with Crippen LogP contribution in [0.1, 0.15) is 19.3 Å². The Morgan fingerprint density at radius 2 is 2.17 bits per heavy atom. The van der Waals surface area contributed by atoms with Gasteiger partial charge in [0.1, 0.15) is 0 Å². The summed E-state index contributed by atoms with van der Waals surface area (Å²) in [4.78, 5) is 10.4. The Balaban J connectivity index is 2.29. The lowest BCUT2D eigenvalue weighted by molar-refractivity contribution is -0.137. The van der Waals surface area contributed by atoms with Crippen molar-refractivity contribution in [2.75, 3.05) is 18.1 Å². The molecule has 0 bridgehead atoms. The third-order valence-electron chi connectivity index (χ3n) is 2.36. The van der Waals surface area contributed by atoms with Crippen LogP contribution in [0, 0.1) is 5.41 Å². The van der Waals surface area contributed by atoms with Crippen molar-refractivity contribution in [2.45, 2.75) is 19.3 Å². The molecule has 1 heterocycles. The number of rotatable bonds is 5. The fraction of sp³-hybridized carbons (Fsp3) is 0.875. The van der Waals surface area contributed by atoms with Crippen LogP contribution in [0.25, 0.3) is 0 Å². The third-order valence-corrected chi connectivity index (χ3v) is 3.99. The molecule has 0 saturated carbocycles. The van der Waals surface area contributed by atoms with Gasteiger partial charge in [-0.15, -0.1) is 0 Å². The van der Waals surface area contributed by atoms with Gasteiger partial charge in [-0.25, -0.2) is 0 Å². The van der Waals surface area contributed by atoms with Crippen LogP contribution < -0.4 is 5.73 Å². The number of nitrogens with two attached hydrogens (primary N) is 1. The molecule has 70 valence electrons. The summed E-state index contributed by atoms with van der Waals surface area (Å²) in [5, 5.41) is 8.53. The molecule has 0 aromatic rings. The van der Waals surface area contributed by atoms with Crippen LogP contribution in [0.3, 0.4) is 0 Å². The molecule has 4 heteroatoms. The van der Waals surface area contributed by atoms with Crippen molar-refractivity contribution < 1.29 is 9.90 Å². The standard InChI is InChI=1S/C8H15NO2S/c9-4-3-8(5-12-6-8)2-1-7(10)11/h1-6,9H2,(H,10,11). The van der Waals surface area contributed by atoms with E-state index in [1.165, 1.54) is 0 Å². The van der Waals surface area contributed by atoms with Crippen LogP contribution in [0.15, 0.2) is 0 Å². The minimum absolute atomic E-state index is 0.262. The van der Waals surface area contributed by atoms with Gasteiger partial charge >= 0.3 is 5.97 Å². The second-order valence-electron chi connectivity index (χ2n) is 3.43. The lowest BCUT2D eigenvalue weighted by Crippen LogP contribution is -2.38. The zero-order valence-corrected chi connectivity index (χ0v) is 7.90. The minimum atomic E-state index is -0.691. The second-order valence-corrected chi connectivity index (χ2v) is 4.41. The van der Waals surface area contributed by atoms with Gasteiger partial charge in [0.15, 0.2) is 0 Å². The van der Waals surface area contributed by atoms with Gasteiger partial charge < -0.3 is 10.8 Å². The van der Waals surface area contributed by atoms with Crippen LogP contribution in [0.5, 0.6) is 0 Å². The minimum Gasteiger partial charge on any atom is -0.481 e. The molecule has 1 fully saturated rings. The molecule has 0 unspecified atom stereocenters. The van der Waals surface area contributed by atoms with Gasteiger partial charge in [0.25, 0.3) is 0 Å². The number of carboxylic acids is 1. The molecule has 1 aliphatic rings. The summed E-state index contributed by atoms with van der Waals surface area (Å²) in [6.45, 7) is 0.681. The first-order valence-electron chi connectivity index (χ1n) is 4.18. The van der Waals surface area contributed by atoms with Crippen molar-refractivity contribution >= 4 is 17.7 Å². The normalized spacial score (nSPS) is 20.1. The molecule has 0 spiro atoms. The van der Waals surface area contributed by atoms with Crippen molar-refractivity contribution in [3.63, 3.8) is 0 Å². The average Bonchev–Trinajstić information content (AvgIpc) is 1.94. The quantitative estimate of drug-likeness (QED) is 0.675. The molecule has 3 nitrogen and oxygen atoms in total. The van der Waals surface area contributed by atoms with Crippen molar-refractivity contribution in [2.24, 2.45) is 11.1 Å². The molecule has 1 aliphatic heterocycles. The van der Waals surface area contributed by atoms with Crippen molar-refractivity contribution in [3.8, 4) is 0 Å². The molecule has 0 amide bonds. The lowest BCUT2D eigenvalue weighted by atomic mass is 9.83. The zero-order chi connectivity index (χ0) is 9.03. The molecule has 1 saturated heterocycles. The van der Waals surface area contributed by atoms with E-state index in [0.717, 1.165) is 24.3 Å². The number of hydrogen-bond acceptors (Lipinski definition) is 3. The van der Waals surface area contributed by atoms with Crippen LogP contribution >= 0.6 is 11.8 Å². The first-order valence-corrected chi connectivity index (χ1v) is 5.34. The van der Waals surface area contributed by atoms with Crippen molar-refractivity contribution in [1.29, 1.82) is 0 Å². The van der Waals surface area contributed by atoms with Crippen molar-refractivity contribution in [3.05, 3.63) is 0 Å². The molecule has 0 aromatic carbocycles. The molecule has 0 aliphatic carbocycles. The smallest absolute Gasteiger partial charge is 0.303 e. The maximum Gasteiger partial charge on any atom is 0.303 e. The highest BCUT2D eigenvalue weighted by Gasteiger charge is 2.36. The van der Waals surface area contributed by atoms with Gasteiger partial charge in [0, 0.05) is 6.42 Å². The summed E-state index contributed by atoms with van der Waals surface area (Å²) in [7, 11) is 0. The maximum absolute atomic E-state index is 10.4. The Bertz CT molecular complexity index is 168. The van der Waals surface area contributed by atoms with Crippen LogP contribution in [0.4, 0.5) is 0 Å². The SMILES string of the molecule is NCCC1(CCC(=O)O)CSC1. The first kappa shape index (κ1) is 9.86. The Hall–Kier alpha value is -0.220. The van der Waals surface area contributed by atoms with Crippen LogP contribution in [-0.4, -0.2) is 29.1 Å². The van der Waals surface area contributed by atoms with E-state index in [4.69, 9.17) is 10.8 Å². The van der Waals surface area contributed by atoms with E-state index in [0.29, 0.717) is 13.0 Å². The second kappa shape index (κ2) is 4.14. The van der Waals surface area contributed by atoms with Gasteiger partial charge in [-0.3, -0.25) is 4.79 Å². The van der Waals surface area contributed by atoms with E-state index in [1.807, 2.05) is 11.8 Å². The summed E-state index contributed by atoms with van der Waals surface area (Å²) in [5.74, 6) is 1.50. The fourth-order valence-electron chi connectivity index (χ4n) is 1.48. The summed E-state index contributed by atoms with van der Waals surface area (Å²) in [6.07, 6.45) is 2.07. The summed E-state index contributed by atoms with van der Waals surface area (Å²) in [5.41, 5.74) is 5.74. The van der Waals surface area contributed by atoms with Gasteiger partial charge in [-0.1, -0.05) is 0 Å². The topological polar surface area (TPSA) is 63.3 Å². The molecular weight excluding hydrogens is 174 g/mol. The van der Waals surface area contributed by atoms with E-state index < -0.39 is 5.97 Å². The number of carboxylic acid groups (broad SMARTS) is 1. The molecule has 3 N–H and O–H groups in total. The molecule has 0 radical (unpaired) electrons. The Morgan fingerprint density at radius 1 is 1.50 bits per heavy atom. The van der Waals surface area contributed by atoms with Gasteiger partial charge in [-0.2, -0.15) is 11.8 Å². The van der Waals surface area contributed by atoms with E-state index in [9.17, 15) is 4.79 Å². The zero-order valence-electron chi connectivity index (χ0n) is 7.08. The molecule has 0 atom stereocenters. The van der Waals surface area contributed by atoms with E-state index in [2.05, 4.69) is 0 Å². The molecule has 1 rings (SSSR count). The highest BCUT2D eigenvalue weighted by atomic mass is 32.2. The fourth-order valence-corrected chi connectivity index (χ4v) is 2.84. The predicted octanol–water partition coefficient (Wildman–Crippen LogP) is 0.933. The number of aliphatic carboxylic acids is 1. The van der Waals surface area contributed by atoms with Crippen LogP contribution in [0.2, 0.25) is 0 Å². The summed E-state index contributed by atoms with van der Waals surface area (Å²) >= 11 is 1.89. The van der Waals surface area contributed by atoms with Gasteiger partial charge in [0.2, 0.25) is 0 Å². The Labute approximate surface area is 76.7 Å². The van der Waals surface area contributed by atoms with E-state index in [1.54, 1.807) is 0 Å².